The van der Waals surface area contributed by atoms with Crippen LogP contribution in [0.4, 0.5) is 5.82 Å². The van der Waals surface area contributed by atoms with Crippen molar-refractivity contribution in [2.24, 2.45) is 0 Å². The third-order valence-electron chi connectivity index (χ3n) is 3.11. The van der Waals surface area contributed by atoms with E-state index in [4.69, 9.17) is 5.73 Å². The Morgan fingerprint density at radius 1 is 1.29 bits per heavy atom. The van der Waals surface area contributed by atoms with E-state index in [1.807, 2.05) is 18.3 Å². The van der Waals surface area contributed by atoms with Crippen LogP contribution >= 0.6 is 0 Å². The number of aromatic nitrogens is 2. The molecule has 1 aromatic heterocycles. The molecule has 2 N–H and O–H groups in total. The van der Waals surface area contributed by atoms with Crippen molar-refractivity contribution in [3.8, 4) is 11.1 Å². The molecule has 0 radical (unpaired) electrons. The Bertz CT molecular complexity index is 559. The van der Waals surface area contributed by atoms with Gasteiger partial charge in [-0.15, -0.1) is 0 Å². The molecule has 0 bridgehead atoms. The first kappa shape index (κ1) is 10.3. The summed E-state index contributed by atoms with van der Waals surface area (Å²) >= 11 is 0. The molecule has 3 rings (SSSR count). The minimum Gasteiger partial charge on any atom is -0.383 e. The van der Waals surface area contributed by atoms with Crippen LogP contribution in [0.1, 0.15) is 30.1 Å². The van der Waals surface area contributed by atoms with Crippen LogP contribution < -0.4 is 5.73 Å². The van der Waals surface area contributed by atoms with E-state index < -0.39 is 0 Å². The predicted molar refractivity (Wildman–Crippen MR) is 68.6 cm³/mol. The summed E-state index contributed by atoms with van der Waals surface area (Å²) in [6.45, 7) is 2.07. The van der Waals surface area contributed by atoms with Crippen molar-refractivity contribution in [2.45, 2.75) is 25.7 Å². The van der Waals surface area contributed by atoms with Crippen LogP contribution in [-0.2, 0) is 0 Å². The van der Waals surface area contributed by atoms with E-state index in [2.05, 4.69) is 29.0 Å². The molecular formula is C14H15N3. The second-order valence-corrected chi connectivity index (χ2v) is 4.67. The number of nitrogens with zero attached hydrogens (tertiary/aromatic N) is 2. The Hall–Kier alpha value is -1.90. The monoisotopic (exact) mass is 225 g/mol. The molecule has 1 aliphatic carbocycles. The van der Waals surface area contributed by atoms with Crippen molar-refractivity contribution in [1.29, 1.82) is 0 Å². The van der Waals surface area contributed by atoms with Crippen molar-refractivity contribution in [1.82, 2.24) is 9.97 Å². The highest BCUT2D eigenvalue weighted by Crippen LogP contribution is 2.38. The normalized spacial score (nSPS) is 14.9. The molecule has 1 heterocycles. The molecule has 2 aromatic rings. The summed E-state index contributed by atoms with van der Waals surface area (Å²) in [4.78, 5) is 8.82. The second kappa shape index (κ2) is 3.84. The van der Waals surface area contributed by atoms with Crippen LogP contribution in [0.25, 0.3) is 11.1 Å². The smallest absolute Gasteiger partial charge is 0.135 e. The molecule has 86 valence electrons. The highest BCUT2D eigenvalue weighted by molar-refractivity contribution is 5.73. The number of hydrogen-bond acceptors (Lipinski definition) is 3. The van der Waals surface area contributed by atoms with Gasteiger partial charge in [0.25, 0.3) is 0 Å². The van der Waals surface area contributed by atoms with E-state index in [1.54, 1.807) is 0 Å². The summed E-state index contributed by atoms with van der Waals surface area (Å²) in [5.41, 5.74) is 9.25. The average Bonchev–Trinajstić information content (AvgIpc) is 3.12. The molecule has 0 saturated heterocycles. The number of anilines is 1. The lowest BCUT2D eigenvalue weighted by Crippen LogP contribution is -2.00. The van der Waals surface area contributed by atoms with Gasteiger partial charge in [-0.2, -0.15) is 0 Å². The van der Waals surface area contributed by atoms with E-state index in [1.165, 1.54) is 18.4 Å². The van der Waals surface area contributed by atoms with Crippen LogP contribution in [0.5, 0.6) is 0 Å². The van der Waals surface area contributed by atoms with Gasteiger partial charge >= 0.3 is 0 Å². The lowest BCUT2D eigenvalue weighted by atomic mass is 10.1. The zero-order chi connectivity index (χ0) is 11.8. The summed E-state index contributed by atoms with van der Waals surface area (Å²) in [7, 11) is 0. The largest absolute Gasteiger partial charge is 0.383 e. The molecule has 3 nitrogen and oxygen atoms in total. The fourth-order valence-corrected chi connectivity index (χ4v) is 1.98. The second-order valence-electron chi connectivity index (χ2n) is 4.67. The summed E-state index contributed by atoms with van der Waals surface area (Å²) < 4.78 is 0. The topological polar surface area (TPSA) is 51.8 Å². The highest BCUT2D eigenvalue weighted by atomic mass is 15.0. The Labute approximate surface area is 101 Å². The molecule has 1 aromatic carbocycles. The third-order valence-corrected chi connectivity index (χ3v) is 3.11. The first-order chi connectivity index (χ1) is 8.24. The van der Waals surface area contributed by atoms with Crippen LogP contribution in [0, 0.1) is 6.92 Å². The van der Waals surface area contributed by atoms with Crippen molar-refractivity contribution in [2.75, 3.05) is 5.73 Å². The first-order valence-corrected chi connectivity index (χ1v) is 5.93. The van der Waals surface area contributed by atoms with Gasteiger partial charge in [-0.05, 0) is 25.3 Å². The SMILES string of the molecule is Cc1cccc(-c2cnc(C3CC3)nc2N)c1. The maximum atomic E-state index is 6.02. The van der Waals surface area contributed by atoms with E-state index in [-0.39, 0.29) is 0 Å². The average molecular weight is 225 g/mol. The maximum absolute atomic E-state index is 6.02. The van der Waals surface area contributed by atoms with E-state index in [0.29, 0.717) is 11.7 Å². The van der Waals surface area contributed by atoms with Crippen molar-refractivity contribution >= 4 is 5.82 Å². The van der Waals surface area contributed by atoms with E-state index in [0.717, 1.165) is 17.0 Å². The predicted octanol–water partition coefficient (Wildman–Crippen LogP) is 2.91. The zero-order valence-electron chi connectivity index (χ0n) is 9.85. The minimum atomic E-state index is 0.545. The van der Waals surface area contributed by atoms with Crippen LogP contribution in [0.2, 0.25) is 0 Å². The lowest BCUT2D eigenvalue weighted by molar-refractivity contribution is 0.934. The molecular weight excluding hydrogens is 210 g/mol. The summed E-state index contributed by atoms with van der Waals surface area (Å²) in [5, 5.41) is 0. The molecule has 1 saturated carbocycles. The molecule has 0 aliphatic heterocycles. The quantitative estimate of drug-likeness (QED) is 0.855. The van der Waals surface area contributed by atoms with Crippen LogP contribution in [0.15, 0.2) is 30.5 Å². The van der Waals surface area contributed by atoms with Crippen LogP contribution in [0.3, 0.4) is 0 Å². The van der Waals surface area contributed by atoms with Gasteiger partial charge in [-0.3, -0.25) is 0 Å². The fourth-order valence-electron chi connectivity index (χ4n) is 1.98. The Morgan fingerprint density at radius 3 is 2.76 bits per heavy atom. The third kappa shape index (κ3) is 2.00. The molecule has 3 heteroatoms. The molecule has 1 fully saturated rings. The fraction of sp³-hybridized carbons (Fsp3) is 0.286. The van der Waals surface area contributed by atoms with E-state index >= 15 is 0 Å². The van der Waals surface area contributed by atoms with Crippen molar-refractivity contribution < 1.29 is 0 Å². The Morgan fingerprint density at radius 2 is 2.12 bits per heavy atom. The molecule has 0 spiro atoms. The van der Waals surface area contributed by atoms with Crippen molar-refractivity contribution in [3.63, 3.8) is 0 Å². The maximum Gasteiger partial charge on any atom is 0.135 e. The van der Waals surface area contributed by atoms with E-state index in [9.17, 15) is 0 Å². The number of benzene rings is 1. The molecule has 17 heavy (non-hydrogen) atoms. The summed E-state index contributed by atoms with van der Waals surface area (Å²) in [6, 6.07) is 8.24. The molecule has 0 unspecified atom stereocenters. The van der Waals surface area contributed by atoms with Gasteiger partial charge in [0.15, 0.2) is 0 Å². The van der Waals surface area contributed by atoms with Crippen LogP contribution in [-0.4, -0.2) is 9.97 Å². The Balaban J connectivity index is 2.02. The number of hydrogen-bond donors (Lipinski definition) is 1. The number of aryl methyl sites for hydroxylation is 1. The summed E-state index contributed by atoms with van der Waals surface area (Å²) in [6.07, 6.45) is 4.25. The van der Waals surface area contributed by atoms with Gasteiger partial charge < -0.3 is 5.73 Å². The van der Waals surface area contributed by atoms with Gasteiger partial charge in [-0.1, -0.05) is 29.8 Å². The highest BCUT2D eigenvalue weighted by Gasteiger charge is 2.26. The zero-order valence-corrected chi connectivity index (χ0v) is 9.85. The number of rotatable bonds is 2. The van der Waals surface area contributed by atoms with Gasteiger partial charge in [-0.25, -0.2) is 9.97 Å². The number of nitrogen functional groups attached to an aromatic ring is 1. The van der Waals surface area contributed by atoms with Gasteiger partial charge in [0, 0.05) is 17.7 Å². The van der Waals surface area contributed by atoms with Gasteiger partial charge in [0.2, 0.25) is 0 Å². The molecule has 0 amide bonds. The molecule has 0 atom stereocenters. The standard InChI is InChI=1S/C14H15N3/c1-9-3-2-4-11(7-9)12-8-16-14(10-5-6-10)17-13(12)15/h2-4,7-8,10H,5-6H2,1H3,(H2,15,16,17). The lowest BCUT2D eigenvalue weighted by Gasteiger charge is -2.07. The first-order valence-electron chi connectivity index (χ1n) is 5.93. The van der Waals surface area contributed by atoms with Gasteiger partial charge in [0.05, 0.1) is 0 Å². The Kier molecular flexibility index (Phi) is 2.32. The summed E-state index contributed by atoms with van der Waals surface area (Å²) in [5.74, 6) is 2.04. The van der Waals surface area contributed by atoms with Crippen molar-refractivity contribution in [3.05, 3.63) is 41.9 Å². The van der Waals surface area contributed by atoms with Gasteiger partial charge in [0.1, 0.15) is 11.6 Å². The number of nitrogens with two attached hydrogens (primary N) is 1. The molecule has 1 aliphatic rings. The minimum absolute atomic E-state index is 0.545.